The molecule has 1 aliphatic rings. The van der Waals surface area contributed by atoms with Crippen LogP contribution in [0, 0.1) is 0 Å². The minimum absolute atomic E-state index is 0.0556. The summed E-state index contributed by atoms with van der Waals surface area (Å²) in [5, 5.41) is 0. The minimum atomic E-state index is -0.143. The van der Waals surface area contributed by atoms with Crippen molar-refractivity contribution in [1.82, 2.24) is 9.88 Å². The van der Waals surface area contributed by atoms with Gasteiger partial charge in [0.2, 0.25) is 0 Å². The number of ether oxygens (including phenoxy) is 1. The highest BCUT2D eigenvalue weighted by Gasteiger charge is 2.32. The number of carbonyl (C=O) groups is 1. The number of amides is 1. The van der Waals surface area contributed by atoms with Crippen molar-refractivity contribution in [3.8, 4) is 0 Å². The molecule has 1 fully saturated rings. The van der Waals surface area contributed by atoms with Crippen molar-refractivity contribution in [2.24, 2.45) is 0 Å². The average molecular weight is 248 g/mol. The highest BCUT2D eigenvalue weighted by molar-refractivity contribution is 5.94. The van der Waals surface area contributed by atoms with E-state index in [1.807, 2.05) is 11.9 Å². The number of rotatable bonds is 2. The number of nitrogens with zero attached hydrogens (tertiary/aromatic N) is 2. The van der Waals surface area contributed by atoms with E-state index in [-0.39, 0.29) is 17.6 Å². The van der Waals surface area contributed by atoms with Crippen LogP contribution in [0.2, 0.25) is 0 Å². The molecule has 18 heavy (non-hydrogen) atoms. The Morgan fingerprint density at radius 1 is 1.44 bits per heavy atom. The summed E-state index contributed by atoms with van der Waals surface area (Å²) in [6, 6.07) is 3.75. The fourth-order valence-electron chi connectivity index (χ4n) is 2.39. The molecule has 0 bridgehead atoms. The maximum atomic E-state index is 12.3. The van der Waals surface area contributed by atoms with Gasteiger partial charge >= 0.3 is 0 Å². The van der Waals surface area contributed by atoms with Crippen LogP contribution in [-0.4, -0.2) is 41.1 Å². The fraction of sp³-hybridized carbons (Fsp3) is 0.571. The predicted octanol–water partition coefficient (Wildman–Crippen LogP) is 2.11. The molecule has 4 heteroatoms. The van der Waals surface area contributed by atoms with Gasteiger partial charge in [0.15, 0.2) is 0 Å². The molecule has 4 nitrogen and oxygen atoms in total. The summed E-state index contributed by atoms with van der Waals surface area (Å²) in [6.07, 6.45) is 5.07. The van der Waals surface area contributed by atoms with Gasteiger partial charge in [0.05, 0.1) is 5.60 Å². The van der Waals surface area contributed by atoms with Crippen molar-refractivity contribution < 1.29 is 9.53 Å². The summed E-state index contributed by atoms with van der Waals surface area (Å²) < 4.78 is 5.68. The average Bonchev–Trinajstić information content (AvgIpc) is 2.37. The van der Waals surface area contributed by atoms with E-state index in [0.29, 0.717) is 12.2 Å². The second-order valence-electron chi connectivity index (χ2n) is 5.41. The second kappa shape index (κ2) is 5.06. The molecular weight excluding hydrogens is 228 g/mol. The van der Waals surface area contributed by atoms with E-state index in [1.165, 1.54) is 0 Å². The highest BCUT2D eigenvalue weighted by Crippen LogP contribution is 2.27. The third kappa shape index (κ3) is 2.88. The zero-order valence-corrected chi connectivity index (χ0v) is 11.2. The molecule has 2 rings (SSSR count). The number of carbonyl (C=O) groups excluding carboxylic acids is 1. The predicted molar refractivity (Wildman–Crippen MR) is 69.4 cm³/mol. The molecule has 98 valence electrons. The van der Waals surface area contributed by atoms with Crippen LogP contribution in [0.3, 0.4) is 0 Å². The lowest BCUT2D eigenvalue weighted by atomic mass is 9.93. The highest BCUT2D eigenvalue weighted by atomic mass is 16.5. The Morgan fingerprint density at radius 2 is 2.11 bits per heavy atom. The summed E-state index contributed by atoms with van der Waals surface area (Å²) in [5.41, 5.74) is 0.548. The smallest absolute Gasteiger partial charge is 0.253 e. The van der Waals surface area contributed by atoms with Crippen LogP contribution < -0.4 is 0 Å². The van der Waals surface area contributed by atoms with Crippen molar-refractivity contribution >= 4 is 5.91 Å². The van der Waals surface area contributed by atoms with E-state index < -0.39 is 0 Å². The van der Waals surface area contributed by atoms with Gasteiger partial charge in [-0.1, -0.05) is 0 Å². The second-order valence-corrected chi connectivity index (χ2v) is 5.41. The Balaban J connectivity index is 2.07. The third-order valence-corrected chi connectivity index (χ3v) is 3.47. The maximum Gasteiger partial charge on any atom is 0.253 e. The fourth-order valence-corrected chi connectivity index (χ4v) is 2.39. The Kier molecular flexibility index (Phi) is 3.66. The Bertz CT molecular complexity index is 417. The molecule has 0 unspecified atom stereocenters. The molecule has 1 atom stereocenters. The maximum absolute atomic E-state index is 12.3. The summed E-state index contributed by atoms with van der Waals surface area (Å²) >= 11 is 0. The lowest BCUT2D eigenvalue weighted by molar-refractivity contribution is -0.0756. The minimum Gasteiger partial charge on any atom is -0.375 e. The van der Waals surface area contributed by atoms with Crippen LogP contribution in [0.4, 0.5) is 0 Å². The molecule has 0 N–H and O–H groups in total. The zero-order valence-electron chi connectivity index (χ0n) is 11.2. The summed E-state index contributed by atoms with van der Waals surface area (Å²) in [6.45, 7) is 4.86. The number of pyridine rings is 1. The lowest BCUT2D eigenvalue weighted by Gasteiger charge is -2.39. The summed E-state index contributed by atoms with van der Waals surface area (Å²) in [7, 11) is 1.87. The largest absolute Gasteiger partial charge is 0.375 e. The number of aromatic nitrogens is 1. The van der Waals surface area contributed by atoms with Gasteiger partial charge in [-0.2, -0.15) is 0 Å². The van der Waals surface area contributed by atoms with Crippen LogP contribution in [0.15, 0.2) is 24.5 Å². The van der Waals surface area contributed by atoms with Crippen LogP contribution in [0.5, 0.6) is 0 Å². The first kappa shape index (κ1) is 13.0. The topological polar surface area (TPSA) is 42.4 Å². The molecule has 0 spiro atoms. The van der Waals surface area contributed by atoms with Gasteiger partial charge in [0.1, 0.15) is 0 Å². The molecule has 2 heterocycles. The van der Waals surface area contributed by atoms with Crippen molar-refractivity contribution in [2.45, 2.75) is 38.3 Å². The van der Waals surface area contributed by atoms with E-state index in [9.17, 15) is 4.79 Å². The molecule has 1 aliphatic heterocycles. The van der Waals surface area contributed by atoms with Gasteiger partial charge in [-0.05, 0) is 38.8 Å². The molecule has 1 amide bonds. The van der Waals surface area contributed by atoms with Gasteiger partial charge in [0.25, 0.3) is 5.91 Å². The van der Waals surface area contributed by atoms with Crippen LogP contribution in [0.25, 0.3) is 0 Å². The van der Waals surface area contributed by atoms with E-state index in [2.05, 4.69) is 18.8 Å². The lowest BCUT2D eigenvalue weighted by Crippen LogP contribution is -2.46. The SMILES string of the molecule is CN(C(=O)c1ccncc1)[C@H]1CCOC(C)(C)C1. The normalized spacial score (nSPS) is 22.5. The van der Waals surface area contributed by atoms with Crippen LogP contribution >= 0.6 is 0 Å². The first-order valence-electron chi connectivity index (χ1n) is 6.31. The van der Waals surface area contributed by atoms with Gasteiger partial charge < -0.3 is 9.64 Å². The van der Waals surface area contributed by atoms with Crippen molar-refractivity contribution in [3.05, 3.63) is 30.1 Å². The zero-order chi connectivity index (χ0) is 13.2. The van der Waals surface area contributed by atoms with Crippen LogP contribution in [-0.2, 0) is 4.74 Å². The molecule has 1 aromatic heterocycles. The van der Waals surface area contributed by atoms with Gasteiger partial charge in [-0.3, -0.25) is 9.78 Å². The third-order valence-electron chi connectivity index (χ3n) is 3.47. The van der Waals surface area contributed by atoms with E-state index in [1.54, 1.807) is 24.5 Å². The molecule has 0 saturated carbocycles. The first-order valence-corrected chi connectivity index (χ1v) is 6.31. The molecule has 0 aromatic carbocycles. The molecule has 1 saturated heterocycles. The number of hydrogen-bond acceptors (Lipinski definition) is 3. The molecule has 0 aliphatic carbocycles. The Hall–Kier alpha value is -1.42. The van der Waals surface area contributed by atoms with Gasteiger partial charge in [0, 0.05) is 37.7 Å². The van der Waals surface area contributed by atoms with E-state index >= 15 is 0 Å². The van der Waals surface area contributed by atoms with E-state index in [4.69, 9.17) is 4.74 Å². The van der Waals surface area contributed by atoms with Crippen molar-refractivity contribution in [3.63, 3.8) is 0 Å². The molecule has 1 aromatic rings. The molecule has 0 radical (unpaired) electrons. The summed E-state index contributed by atoms with van der Waals surface area (Å²) in [5.74, 6) is 0.0556. The first-order chi connectivity index (χ1) is 8.49. The van der Waals surface area contributed by atoms with Gasteiger partial charge in [-0.15, -0.1) is 0 Å². The van der Waals surface area contributed by atoms with Crippen LogP contribution in [0.1, 0.15) is 37.0 Å². The van der Waals surface area contributed by atoms with E-state index in [0.717, 1.165) is 12.8 Å². The Morgan fingerprint density at radius 3 is 2.72 bits per heavy atom. The standard InChI is InChI=1S/C14H20N2O2/c1-14(2)10-12(6-9-18-14)16(3)13(17)11-4-7-15-8-5-11/h4-5,7-8,12H,6,9-10H2,1-3H3/t12-/m0/s1. The quantitative estimate of drug-likeness (QED) is 0.805. The van der Waals surface area contributed by atoms with Crippen molar-refractivity contribution in [2.75, 3.05) is 13.7 Å². The summed E-state index contributed by atoms with van der Waals surface area (Å²) in [4.78, 5) is 18.1. The van der Waals surface area contributed by atoms with Crippen molar-refractivity contribution in [1.29, 1.82) is 0 Å². The number of hydrogen-bond donors (Lipinski definition) is 0. The Labute approximate surface area is 108 Å². The monoisotopic (exact) mass is 248 g/mol. The molecular formula is C14H20N2O2. The van der Waals surface area contributed by atoms with Gasteiger partial charge in [-0.25, -0.2) is 0 Å².